The molecule has 0 radical (unpaired) electrons. The van der Waals surface area contributed by atoms with Gasteiger partial charge in [-0.2, -0.15) is 0 Å². The SMILES string of the molecule is CN=C(NCC1CN2CCN1CC2)N(C)Cc1ccc(OC)cc1OC.I. The van der Waals surface area contributed by atoms with E-state index in [2.05, 4.69) is 32.1 Å². The first-order valence-corrected chi connectivity index (χ1v) is 9.23. The summed E-state index contributed by atoms with van der Waals surface area (Å²) >= 11 is 0. The third-order valence-corrected chi connectivity index (χ3v) is 5.36. The van der Waals surface area contributed by atoms with E-state index in [0.717, 1.165) is 36.1 Å². The molecule has 0 spiro atoms. The lowest BCUT2D eigenvalue weighted by molar-refractivity contribution is 0.0152. The summed E-state index contributed by atoms with van der Waals surface area (Å²) in [5, 5.41) is 3.55. The first-order valence-electron chi connectivity index (χ1n) is 9.23. The molecule has 3 heterocycles. The number of guanidine groups is 1. The van der Waals surface area contributed by atoms with Crippen molar-refractivity contribution in [3.8, 4) is 11.5 Å². The molecule has 3 saturated heterocycles. The van der Waals surface area contributed by atoms with Crippen LogP contribution >= 0.6 is 24.0 Å². The Bertz CT molecular complexity index is 635. The quantitative estimate of drug-likeness (QED) is 0.370. The molecule has 27 heavy (non-hydrogen) atoms. The molecule has 0 saturated carbocycles. The lowest BCUT2D eigenvalue weighted by Crippen LogP contribution is -2.63. The molecule has 3 aliphatic rings. The first kappa shape index (κ1) is 22.0. The molecule has 8 heteroatoms. The van der Waals surface area contributed by atoms with E-state index in [1.54, 1.807) is 14.2 Å². The zero-order valence-electron chi connectivity index (χ0n) is 16.8. The molecule has 1 atom stereocenters. The third kappa shape index (κ3) is 5.39. The van der Waals surface area contributed by atoms with Gasteiger partial charge in [0.2, 0.25) is 0 Å². The molecule has 1 aromatic carbocycles. The van der Waals surface area contributed by atoms with Gasteiger partial charge in [-0.05, 0) is 12.1 Å². The number of nitrogens with zero attached hydrogens (tertiary/aromatic N) is 4. The Labute approximate surface area is 179 Å². The van der Waals surface area contributed by atoms with Crippen molar-refractivity contribution in [3.63, 3.8) is 0 Å². The summed E-state index contributed by atoms with van der Waals surface area (Å²) in [6.45, 7) is 7.58. The minimum Gasteiger partial charge on any atom is -0.497 e. The number of methoxy groups -OCH3 is 2. The monoisotopic (exact) mass is 489 g/mol. The molecule has 1 unspecified atom stereocenters. The van der Waals surface area contributed by atoms with Gasteiger partial charge in [-0.3, -0.25) is 14.8 Å². The number of ether oxygens (including phenoxy) is 2. The summed E-state index contributed by atoms with van der Waals surface area (Å²) < 4.78 is 10.8. The normalized spacial score (nSPS) is 24.1. The number of rotatable bonds is 6. The smallest absolute Gasteiger partial charge is 0.193 e. The summed E-state index contributed by atoms with van der Waals surface area (Å²) in [4.78, 5) is 11.7. The second kappa shape index (κ2) is 10.3. The fraction of sp³-hybridized carbons (Fsp3) is 0.632. The number of benzene rings is 1. The standard InChI is InChI=1S/C19H31N5O2.HI/c1-20-19(21-12-16-14-23-7-9-24(16)10-8-23)22(2)13-15-5-6-17(25-3)11-18(15)26-4;/h5-6,11,16H,7-10,12-14H2,1-4H3,(H,20,21);1H. The number of aliphatic imine (C=N–C) groups is 1. The van der Waals surface area contributed by atoms with Crippen LogP contribution in [0.3, 0.4) is 0 Å². The van der Waals surface area contributed by atoms with E-state index in [1.807, 2.05) is 25.2 Å². The highest BCUT2D eigenvalue weighted by Gasteiger charge is 2.31. The summed E-state index contributed by atoms with van der Waals surface area (Å²) in [5.74, 6) is 2.53. The predicted molar refractivity (Wildman–Crippen MR) is 120 cm³/mol. The lowest BCUT2D eigenvalue weighted by Gasteiger charge is -2.47. The van der Waals surface area contributed by atoms with Crippen molar-refractivity contribution in [2.24, 2.45) is 4.99 Å². The van der Waals surface area contributed by atoms with Crippen LogP contribution in [0.5, 0.6) is 11.5 Å². The van der Waals surface area contributed by atoms with Gasteiger partial charge < -0.3 is 19.7 Å². The highest BCUT2D eigenvalue weighted by Crippen LogP contribution is 2.25. The van der Waals surface area contributed by atoms with E-state index in [0.29, 0.717) is 12.6 Å². The second-order valence-corrected chi connectivity index (χ2v) is 6.95. The molecule has 0 aliphatic carbocycles. The maximum absolute atomic E-state index is 5.51. The average Bonchev–Trinajstić information content (AvgIpc) is 2.69. The summed E-state index contributed by atoms with van der Waals surface area (Å²) in [7, 11) is 7.24. The van der Waals surface area contributed by atoms with Crippen LogP contribution in [-0.4, -0.2) is 94.3 Å². The highest BCUT2D eigenvalue weighted by molar-refractivity contribution is 14.0. The van der Waals surface area contributed by atoms with E-state index >= 15 is 0 Å². The predicted octanol–water partition coefficient (Wildman–Crippen LogP) is 1.33. The fourth-order valence-electron chi connectivity index (χ4n) is 3.82. The minimum absolute atomic E-state index is 0. The van der Waals surface area contributed by atoms with Crippen LogP contribution in [-0.2, 0) is 6.54 Å². The Balaban J connectivity index is 0.00000261. The van der Waals surface area contributed by atoms with E-state index in [4.69, 9.17) is 9.47 Å². The second-order valence-electron chi connectivity index (χ2n) is 6.95. The molecular weight excluding hydrogens is 457 g/mol. The van der Waals surface area contributed by atoms with Crippen LogP contribution in [0.2, 0.25) is 0 Å². The Morgan fingerprint density at radius 2 is 1.96 bits per heavy atom. The maximum atomic E-state index is 5.51. The molecule has 3 fully saturated rings. The Morgan fingerprint density at radius 1 is 1.22 bits per heavy atom. The highest BCUT2D eigenvalue weighted by atomic mass is 127. The van der Waals surface area contributed by atoms with Gasteiger partial charge in [0, 0.05) is 77.6 Å². The van der Waals surface area contributed by atoms with Crippen molar-refractivity contribution in [1.82, 2.24) is 20.0 Å². The summed E-state index contributed by atoms with van der Waals surface area (Å²) in [6.07, 6.45) is 0. The van der Waals surface area contributed by atoms with Crippen molar-refractivity contribution < 1.29 is 9.47 Å². The summed E-state index contributed by atoms with van der Waals surface area (Å²) in [5.41, 5.74) is 1.10. The van der Waals surface area contributed by atoms with Crippen LogP contribution in [0.1, 0.15) is 5.56 Å². The van der Waals surface area contributed by atoms with Gasteiger partial charge in [-0.1, -0.05) is 0 Å². The largest absolute Gasteiger partial charge is 0.497 e. The molecule has 1 aromatic rings. The third-order valence-electron chi connectivity index (χ3n) is 5.36. The maximum Gasteiger partial charge on any atom is 0.193 e. The summed E-state index contributed by atoms with van der Waals surface area (Å²) in [6, 6.07) is 6.49. The van der Waals surface area contributed by atoms with Crippen LogP contribution in [0, 0.1) is 0 Å². The van der Waals surface area contributed by atoms with Crippen LogP contribution in [0.25, 0.3) is 0 Å². The molecule has 1 N–H and O–H groups in total. The van der Waals surface area contributed by atoms with Crippen molar-refractivity contribution in [3.05, 3.63) is 23.8 Å². The molecule has 152 valence electrons. The number of fused-ring (bicyclic) bond motifs is 3. The van der Waals surface area contributed by atoms with E-state index in [1.165, 1.54) is 26.2 Å². The van der Waals surface area contributed by atoms with Gasteiger partial charge in [-0.15, -0.1) is 24.0 Å². The molecule has 2 bridgehead atoms. The number of nitrogens with one attached hydrogen (secondary N) is 1. The van der Waals surface area contributed by atoms with Crippen LogP contribution in [0.4, 0.5) is 0 Å². The van der Waals surface area contributed by atoms with Crippen LogP contribution < -0.4 is 14.8 Å². The topological polar surface area (TPSA) is 52.6 Å². The Kier molecular flexibility index (Phi) is 8.43. The number of piperazine rings is 3. The van der Waals surface area contributed by atoms with Crippen molar-refractivity contribution in [1.29, 1.82) is 0 Å². The molecular formula is C19H32IN5O2. The Hall–Kier alpha value is -1.26. The number of halogens is 1. The van der Waals surface area contributed by atoms with Gasteiger partial charge in [0.1, 0.15) is 11.5 Å². The van der Waals surface area contributed by atoms with Crippen molar-refractivity contribution in [2.45, 2.75) is 12.6 Å². The molecule has 0 aromatic heterocycles. The molecule has 4 rings (SSSR count). The van der Waals surface area contributed by atoms with Crippen molar-refractivity contribution in [2.75, 3.05) is 67.6 Å². The van der Waals surface area contributed by atoms with E-state index in [9.17, 15) is 0 Å². The van der Waals surface area contributed by atoms with E-state index in [-0.39, 0.29) is 24.0 Å². The molecule has 3 aliphatic heterocycles. The van der Waals surface area contributed by atoms with Gasteiger partial charge >= 0.3 is 0 Å². The Morgan fingerprint density at radius 3 is 2.52 bits per heavy atom. The fourth-order valence-corrected chi connectivity index (χ4v) is 3.82. The van der Waals surface area contributed by atoms with Crippen LogP contribution in [0.15, 0.2) is 23.2 Å². The molecule has 0 amide bonds. The molecule has 7 nitrogen and oxygen atoms in total. The number of hydrogen-bond donors (Lipinski definition) is 1. The lowest BCUT2D eigenvalue weighted by atomic mass is 10.1. The number of hydrogen-bond acceptors (Lipinski definition) is 5. The van der Waals surface area contributed by atoms with Gasteiger partial charge in [-0.25, -0.2) is 0 Å². The zero-order valence-corrected chi connectivity index (χ0v) is 19.1. The average molecular weight is 489 g/mol. The van der Waals surface area contributed by atoms with Gasteiger partial charge in [0.15, 0.2) is 5.96 Å². The first-order chi connectivity index (χ1) is 12.6. The van der Waals surface area contributed by atoms with Gasteiger partial charge in [0.05, 0.1) is 14.2 Å². The van der Waals surface area contributed by atoms with E-state index < -0.39 is 0 Å². The van der Waals surface area contributed by atoms with Gasteiger partial charge in [0.25, 0.3) is 0 Å². The zero-order chi connectivity index (χ0) is 18.5. The minimum atomic E-state index is 0. The van der Waals surface area contributed by atoms with Crippen molar-refractivity contribution >= 4 is 29.9 Å².